The Balaban J connectivity index is 4.62. The standard InChI is InChI=1S/C77H112O6/c1-4-7-10-13-16-19-22-25-28-30-32-34-35-36-37-38-39-40-41-43-44-46-49-52-55-58-61-64-67-70-76(79)82-73-74(72-81-75(78)69-66-63-60-57-54-51-48-27-24-21-18-15-12-9-6-3)83-77(80)71-68-65-62-59-56-53-50-47-45-42-33-31-29-26-23-20-17-14-11-8-5-2/h7-12,16-21,25-29,32-34,36-37,39-40,42-44,47-50,52,54,57-58,61,63,66,74H,4-6,13-15,22-24,30-31,35,38,41,45-46,51,53,55-56,59-60,62,64-65,67-73H2,1-3H3/b10-7-,11-8-,12-9-,19-16-,20-17-,21-18-,28-25-,29-26-,34-32-,37-36-,40-39-,42-33-,44-43-,48-27-,50-47-,52-49-,57-54-,61-58-,66-63-. The Morgan fingerprint density at radius 2 is 0.494 bits per heavy atom. The minimum atomic E-state index is -0.870. The van der Waals surface area contributed by atoms with Gasteiger partial charge >= 0.3 is 17.9 Å². The van der Waals surface area contributed by atoms with Crippen LogP contribution in [-0.2, 0) is 28.6 Å². The zero-order valence-corrected chi connectivity index (χ0v) is 52.1. The van der Waals surface area contributed by atoms with Gasteiger partial charge in [0.1, 0.15) is 13.2 Å². The molecule has 0 aromatic heterocycles. The van der Waals surface area contributed by atoms with E-state index in [4.69, 9.17) is 14.2 Å². The molecule has 0 aliphatic heterocycles. The second kappa shape index (κ2) is 68.0. The van der Waals surface area contributed by atoms with E-state index in [-0.39, 0.29) is 44.4 Å². The van der Waals surface area contributed by atoms with Gasteiger partial charge in [-0.15, -0.1) is 0 Å². The summed E-state index contributed by atoms with van der Waals surface area (Å²) in [7, 11) is 0. The molecular weight excluding hydrogens is 1020 g/mol. The van der Waals surface area contributed by atoms with Crippen molar-refractivity contribution in [1.82, 2.24) is 0 Å². The van der Waals surface area contributed by atoms with Gasteiger partial charge in [-0.05, 0) is 154 Å². The van der Waals surface area contributed by atoms with Crippen molar-refractivity contribution in [2.75, 3.05) is 13.2 Å². The number of hydrogen-bond donors (Lipinski definition) is 0. The number of rotatable bonds is 54. The van der Waals surface area contributed by atoms with E-state index in [1.165, 1.54) is 0 Å². The van der Waals surface area contributed by atoms with Crippen LogP contribution in [0.3, 0.4) is 0 Å². The van der Waals surface area contributed by atoms with E-state index in [1.54, 1.807) is 6.08 Å². The molecule has 0 aliphatic carbocycles. The summed E-state index contributed by atoms with van der Waals surface area (Å²) in [5.74, 6) is -1.18. The number of ether oxygens (including phenoxy) is 3. The van der Waals surface area contributed by atoms with Gasteiger partial charge in [0.25, 0.3) is 0 Å². The van der Waals surface area contributed by atoms with Crippen LogP contribution in [0.4, 0.5) is 0 Å². The topological polar surface area (TPSA) is 78.9 Å². The number of carbonyl (C=O) groups excluding carboxylic acids is 3. The summed E-state index contributed by atoms with van der Waals surface area (Å²) in [6.07, 6.45) is 108. The van der Waals surface area contributed by atoms with E-state index in [0.29, 0.717) is 19.3 Å². The Labute approximate surface area is 507 Å². The molecule has 83 heavy (non-hydrogen) atoms. The Morgan fingerprint density at radius 3 is 0.819 bits per heavy atom. The van der Waals surface area contributed by atoms with Crippen LogP contribution in [0.5, 0.6) is 0 Å². The minimum Gasteiger partial charge on any atom is -0.462 e. The van der Waals surface area contributed by atoms with Gasteiger partial charge in [-0.3, -0.25) is 14.4 Å². The molecule has 0 saturated heterocycles. The first kappa shape index (κ1) is 76.5. The fraction of sp³-hybridized carbons (Fsp3) is 0.468. The SMILES string of the molecule is CC/C=C\C/C=C\C/C=C\C/C=C\C/C=C\C/C=C\C/C=C\C/C=C\C/C=C\CCCC(=O)OCC(COC(=O)C/C=C\C/C=C\C/C=C\C/C=C\C/C=C\CC)OC(=O)CCCCCCC/C=C\C/C=C\C/C=C\C/C=C\C/C=C\CC. The number of allylic oxidation sites excluding steroid dienone is 37. The van der Waals surface area contributed by atoms with Crippen molar-refractivity contribution in [2.24, 2.45) is 0 Å². The molecule has 0 fully saturated rings. The maximum atomic E-state index is 12.9. The Kier molecular flexibility index (Phi) is 62.6. The second-order valence-corrected chi connectivity index (χ2v) is 19.8. The second-order valence-electron chi connectivity index (χ2n) is 19.8. The highest BCUT2D eigenvalue weighted by atomic mass is 16.6. The lowest BCUT2D eigenvalue weighted by Gasteiger charge is -2.18. The minimum absolute atomic E-state index is 0.0984. The van der Waals surface area contributed by atoms with Crippen molar-refractivity contribution in [3.05, 3.63) is 231 Å². The van der Waals surface area contributed by atoms with Crippen LogP contribution in [0.15, 0.2) is 231 Å². The fourth-order valence-electron chi connectivity index (χ4n) is 7.54. The molecule has 0 rings (SSSR count). The van der Waals surface area contributed by atoms with E-state index in [2.05, 4.69) is 240 Å². The van der Waals surface area contributed by atoms with E-state index in [0.717, 1.165) is 154 Å². The smallest absolute Gasteiger partial charge is 0.309 e. The van der Waals surface area contributed by atoms with Gasteiger partial charge in [-0.1, -0.05) is 271 Å². The Hall–Kier alpha value is -6.53. The van der Waals surface area contributed by atoms with Gasteiger partial charge in [-0.2, -0.15) is 0 Å². The summed E-state index contributed by atoms with van der Waals surface area (Å²) in [6.45, 7) is 6.12. The van der Waals surface area contributed by atoms with E-state index >= 15 is 0 Å². The predicted octanol–water partition coefficient (Wildman–Crippen LogP) is 22.3. The summed E-state index contributed by atoms with van der Waals surface area (Å²) >= 11 is 0. The lowest BCUT2D eigenvalue weighted by molar-refractivity contribution is -0.166. The molecule has 0 aromatic carbocycles. The van der Waals surface area contributed by atoms with Crippen molar-refractivity contribution in [2.45, 2.75) is 219 Å². The van der Waals surface area contributed by atoms with Crippen molar-refractivity contribution in [1.29, 1.82) is 0 Å². The van der Waals surface area contributed by atoms with Crippen molar-refractivity contribution >= 4 is 17.9 Å². The highest BCUT2D eigenvalue weighted by Gasteiger charge is 2.19. The summed E-state index contributed by atoms with van der Waals surface area (Å²) in [4.78, 5) is 38.2. The predicted molar refractivity (Wildman–Crippen MR) is 361 cm³/mol. The van der Waals surface area contributed by atoms with Crippen LogP contribution >= 0.6 is 0 Å². The highest BCUT2D eigenvalue weighted by Crippen LogP contribution is 2.11. The molecule has 0 N–H and O–H groups in total. The molecular formula is C77H112O6. The quantitative estimate of drug-likeness (QED) is 0.0261. The maximum absolute atomic E-state index is 12.9. The van der Waals surface area contributed by atoms with Crippen LogP contribution in [0.25, 0.3) is 0 Å². The summed E-state index contributed by atoms with van der Waals surface area (Å²) < 4.78 is 16.7. The number of carbonyl (C=O) groups is 3. The first-order valence-electron chi connectivity index (χ1n) is 31.9. The molecule has 0 bridgehead atoms. The van der Waals surface area contributed by atoms with Crippen molar-refractivity contribution < 1.29 is 28.6 Å². The first-order valence-corrected chi connectivity index (χ1v) is 31.9. The van der Waals surface area contributed by atoms with Crippen LogP contribution in [-0.4, -0.2) is 37.2 Å². The van der Waals surface area contributed by atoms with E-state index in [1.807, 2.05) is 6.08 Å². The van der Waals surface area contributed by atoms with Crippen LogP contribution in [0, 0.1) is 0 Å². The van der Waals surface area contributed by atoms with E-state index < -0.39 is 12.1 Å². The molecule has 1 atom stereocenters. The molecule has 0 spiro atoms. The fourth-order valence-corrected chi connectivity index (χ4v) is 7.54. The maximum Gasteiger partial charge on any atom is 0.309 e. The lowest BCUT2D eigenvalue weighted by Crippen LogP contribution is -2.30. The molecule has 1 unspecified atom stereocenters. The molecule has 456 valence electrons. The zero-order valence-electron chi connectivity index (χ0n) is 52.1. The molecule has 0 heterocycles. The Bertz CT molecular complexity index is 2130. The van der Waals surface area contributed by atoms with Gasteiger partial charge in [0, 0.05) is 12.8 Å². The molecule has 0 amide bonds. The third kappa shape index (κ3) is 66.2. The molecule has 0 saturated carbocycles. The average Bonchev–Trinajstić information content (AvgIpc) is 3.49. The molecule has 6 nitrogen and oxygen atoms in total. The summed E-state index contributed by atoms with van der Waals surface area (Å²) in [5.41, 5.74) is 0. The third-order valence-corrected chi connectivity index (χ3v) is 12.2. The largest absolute Gasteiger partial charge is 0.462 e. The van der Waals surface area contributed by atoms with E-state index in [9.17, 15) is 14.4 Å². The summed E-state index contributed by atoms with van der Waals surface area (Å²) in [6, 6.07) is 0. The lowest BCUT2D eigenvalue weighted by atomic mass is 10.1. The average molecular weight is 1130 g/mol. The van der Waals surface area contributed by atoms with Crippen LogP contribution < -0.4 is 0 Å². The van der Waals surface area contributed by atoms with Gasteiger partial charge in [-0.25, -0.2) is 0 Å². The van der Waals surface area contributed by atoms with Gasteiger partial charge in [0.05, 0.1) is 6.42 Å². The molecule has 0 radical (unpaired) electrons. The van der Waals surface area contributed by atoms with Crippen molar-refractivity contribution in [3.8, 4) is 0 Å². The van der Waals surface area contributed by atoms with Gasteiger partial charge in [0.2, 0.25) is 0 Å². The third-order valence-electron chi connectivity index (χ3n) is 12.2. The zero-order chi connectivity index (χ0) is 59.9. The van der Waals surface area contributed by atoms with Gasteiger partial charge in [0.15, 0.2) is 6.10 Å². The highest BCUT2D eigenvalue weighted by molar-refractivity contribution is 5.72. The van der Waals surface area contributed by atoms with Crippen LogP contribution in [0.2, 0.25) is 0 Å². The van der Waals surface area contributed by atoms with Gasteiger partial charge < -0.3 is 14.2 Å². The Morgan fingerprint density at radius 1 is 0.253 bits per heavy atom. The molecule has 0 aliphatic rings. The first-order chi connectivity index (χ1) is 41.0. The normalized spacial score (nSPS) is 13.7. The summed E-state index contributed by atoms with van der Waals surface area (Å²) in [5, 5.41) is 0. The monoisotopic (exact) mass is 1130 g/mol. The number of hydrogen-bond acceptors (Lipinski definition) is 6. The molecule has 6 heteroatoms. The number of esters is 3. The molecule has 0 aromatic rings. The van der Waals surface area contributed by atoms with Crippen LogP contribution in [0.1, 0.15) is 213 Å². The number of unbranched alkanes of at least 4 members (excludes halogenated alkanes) is 6. The van der Waals surface area contributed by atoms with Crippen molar-refractivity contribution in [3.63, 3.8) is 0 Å².